The van der Waals surface area contributed by atoms with Crippen LogP contribution in [0.1, 0.15) is 15.9 Å². The van der Waals surface area contributed by atoms with E-state index in [0.717, 1.165) is 44.0 Å². The largest absolute Gasteiger partial charge is 0.497 e. The Morgan fingerprint density at radius 1 is 0.947 bits per heavy atom. The highest BCUT2D eigenvalue weighted by atomic mass is 19.4. The highest BCUT2D eigenvalue weighted by Gasteiger charge is 2.60. The second-order valence-corrected chi connectivity index (χ2v) is 10.2. The van der Waals surface area contributed by atoms with Gasteiger partial charge in [0, 0.05) is 62.5 Å². The third-order valence-electron chi connectivity index (χ3n) is 7.81. The van der Waals surface area contributed by atoms with E-state index in [9.17, 15) is 22.8 Å². The van der Waals surface area contributed by atoms with E-state index in [1.165, 1.54) is 18.1 Å². The van der Waals surface area contributed by atoms with Crippen molar-refractivity contribution >= 4 is 23.2 Å². The number of hydrogen-bond donors (Lipinski definition) is 1. The van der Waals surface area contributed by atoms with Gasteiger partial charge < -0.3 is 29.5 Å². The lowest BCUT2D eigenvalue weighted by Crippen LogP contribution is -2.44. The van der Waals surface area contributed by atoms with E-state index in [0.29, 0.717) is 24.5 Å². The Bertz CT molecular complexity index is 1220. The number of hydrogen-bond acceptors (Lipinski definition) is 6. The average molecular weight is 533 g/mol. The molecule has 1 N–H and O–H groups in total. The monoisotopic (exact) mass is 532 g/mol. The lowest BCUT2D eigenvalue weighted by Gasteiger charge is -2.34. The van der Waals surface area contributed by atoms with Gasteiger partial charge in [0.2, 0.25) is 5.91 Å². The van der Waals surface area contributed by atoms with Crippen LogP contribution in [-0.4, -0.2) is 82.1 Å². The summed E-state index contributed by atoms with van der Waals surface area (Å²) in [5.41, 5.74) is 0.611. The van der Waals surface area contributed by atoms with Crippen molar-refractivity contribution in [2.75, 3.05) is 70.8 Å². The Morgan fingerprint density at radius 2 is 1.63 bits per heavy atom. The van der Waals surface area contributed by atoms with Crippen LogP contribution in [0.25, 0.3) is 0 Å². The summed E-state index contributed by atoms with van der Waals surface area (Å²) >= 11 is 0. The van der Waals surface area contributed by atoms with Gasteiger partial charge in [-0.05, 0) is 49.2 Å². The highest BCUT2D eigenvalue weighted by Crippen LogP contribution is 2.52. The van der Waals surface area contributed by atoms with E-state index >= 15 is 0 Å². The summed E-state index contributed by atoms with van der Waals surface area (Å²) in [6.07, 6.45) is -4.59. The van der Waals surface area contributed by atoms with Crippen molar-refractivity contribution in [2.24, 2.45) is 17.8 Å². The molecular formula is C27H31F3N4O4. The fraction of sp³-hybridized carbons (Fsp3) is 0.481. The maximum Gasteiger partial charge on any atom is 0.416 e. The van der Waals surface area contributed by atoms with Gasteiger partial charge in [0.15, 0.2) is 0 Å². The first-order valence-electron chi connectivity index (χ1n) is 12.6. The molecule has 2 saturated heterocycles. The maximum absolute atomic E-state index is 13.3. The molecule has 1 saturated carbocycles. The van der Waals surface area contributed by atoms with E-state index in [-0.39, 0.29) is 35.0 Å². The number of likely N-dealkylation sites (N-methyl/N-ethyl adjacent to an activating group) is 1. The second-order valence-electron chi connectivity index (χ2n) is 10.2. The predicted molar refractivity (Wildman–Crippen MR) is 136 cm³/mol. The molecule has 2 atom stereocenters. The van der Waals surface area contributed by atoms with Gasteiger partial charge in [-0.15, -0.1) is 0 Å². The summed E-state index contributed by atoms with van der Waals surface area (Å²) < 4.78 is 50.3. The molecule has 0 aromatic heterocycles. The molecule has 11 heteroatoms. The van der Waals surface area contributed by atoms with Gasteiger partial charge in [-0.3, -0.25) is 9.59 Å². The molecule has 0 bridgehead atoms. The minimum Gasteiger partial charge on any atom is -0.497 e. The Labute approximate surface area is 219 Å². The molecule has 0 radical (unpaired) electrons. The molecule has 8 nitrogen and oxygen atoms in total. The number of nitrogens with zero attached hydrogens (tertiary/aromatic N) is 3. The van der Waals surface area contributed by atoms with Crippen LogP contribution >= 0.6 is 0 Å². The van der Waals surface area contributed by atoms with Crippen LogP contribution in [0.5, 0.6) is 11.5 Å². The first-order chi connectivity index (χ1) is 18.1. The number of anilines is 2. The van der Waals surface area contributed by atoms with Crippen LogP contribution in [0, 0.1) is 17.8 Å². The quantitative estimate of drug-likeness (QED) is 0.615. The summed E-state index contributed by atoms with van der Waals surface area (Å²) in [7, 11) is 4.92. The number of fused-ring (bicyclic) bond motifs is 1. The predicted octanol–water partition coefficient (Wildman–Crippen LogP) is 3.43. The molecule has 0 spiro atoms. The van der Waals surface area contributed by atoms with E-state index in [1.807, 2.05) is 18.2 Å². The number of carbonyl (C=O) groups is 2. The zero-order valence-corrected chi connectivity index (χ0v) is 21.5. The average Bonchev–Trinajstić information content (AvgIpc) is 3.41. The van der Waals surface area contributed by atoms with Crippen molar-refractivity contribution < 1.29 is 32.2 Å². The Balaban J connectivity index is 1.21. The van der Waals surface area contributed by atoms with E-state index in [4.69, 9.17) is 9.47 Å². The van der Waals surface area contributed by atoms with E-state index in [1.54, 1.807) is 7.11 Å². The van der Waals surface area contributed by atoms with Crippen LogP contribution < -0.4 is 19.7 Å². The SMILES string of the molecule is COc1cc(C(=O)N2CC3C(C2)C3C(=O)Nc2ccc(N3CCN(C)CC3)cc2OC)cc(C(F)(F)F)c1. The standard InChI is InChI=1S/C27H31F3N4O4/c1-32-6-8-33(9-7-32)18-4-5-22(23(13-18)38-3)31-25(35)24-20-14-34(15-21(20)24)26(36)16-10-17(27(28,29)30)12-19(11-16)37-2/h4-5,10-13,20-21,24H,6-9,14-15H2,1-3H3,(H,31,35). The maximum atomic E-state index is 13.3. The number of carbonyl (C=O) groups excluding carboxylic acids is 2. The second kappa shape index (κ2) is 10.0. The summed E-state index contributed by atoms with van der Waals surface area (Å²) in [6.45, 7) is 4.43. The number of piperazine rings is 1. The van der Waals surface area contributed by atoms with Crippen LogP contribution in [0.15, 0.2) is 36.4 Å². The molecule has 5 rings (SSSR count). The molecule has 204 valence electrons. The number of methoxy groups -OCH3 is 2. The topological polar surface area (TPSA) is 74.4 Å². The van der Waals surface area contributed by atoms with Gasteiger partial charge in [0.25, 0.3) is 5.91 Å². The lowest BCUT2D eigenvalue weighted by molar-refractivity contribution is -0.137. The molecule has 38 heavy (non-hydrogen) atoms. The van der Waals surface area contributed by atoms with Crippen molar-refractivity contribution in [1.82, 2.24) is 9.80 Å². The number of nitrogens with one attached hydrogen (secondary N) is 1. The Kier molecular flexibility index (Phi) is 6.89. The number of piperidine rings is 1. The number of rotatable bonds is 6. The molecule has 2 unspecified atom stereocenters. The number of alkyl halides is 3. The van der Waals surface area contributed by atoms with Gasteiger partial charge in [0.05, 0.1) is 25.5 Å². The van der Waals surface area contributed by atoms with Gasteiger partial charge in [-0.1, -0.05) is 0 Å². The third kappa shape index (κ3) is 5.11. The molecule has 2 aliphatic heterocycles. The van der Waals surface area contributed by atoms with Crippen molar-refractivity contribution in [2.45, 2.75) is 6.18 Å². The Morgan fingerprint density at radius 3 is 2.24 bits per heavy atom. The summed E-state index contributed by atoms with van der Waals surface area (Å²) in [5, 5.41) is 2.97. The number of ether oxygens (including phenoxy) is 2. The summed E-state index contributed by atoms with van der Waals surface area (Å²) in [5.74, 6) is -0.393. The highest BCUT2D eigenvalue weighted by molar-refractivity contribution is 5.98. The molecular weight excluding hydrogens is 501 g/mol. The van der Waals surface area contributed by atoms with Gasteiger partial charge in [-0.2, -0.15) is 13.2 Å². The number of benzene rings is 2. The zero-order valence-electron chi connectivity index (χ0n) is 21.5. The van der Waals surface area contributed by atoms with E-state index in [2.05, 4.69) is 22.2 Å². The van der Waals surface area contributed by atoms with Crippen LogP contribution in [0.3, 0.4) is 0 Å². The molecule has 2 amide bonds. The summed E-state index contributed by atoms with van der Waals surface area (Å²) in [6, 6.07) is 8.77. The minimum absolute atomic E-state index is 0.0257. The summed E-state index contributed by atoms with van der Waals surface area (Å²) in [4.78, 5) is 32.1. The van der Waals surface area contributed by atoms with Crippen LogP contribution in [-0.2, 0) is 11.0 Å². The first-order valence-corrected chi connectivity index (χ1v) is 12.6. The van der Waals surface area contributed by atoms with Gasteiger partial charge in [0.1, 0.15) is 11.5 Å². The molecule has 2 aromatic carbocycles. The smallest absolute Gasteiger partial charge is 0.416 e. The van der Waals surface area contributed by atoms with Crippen molar-refractivity contribution in [3.05, 3.63) is 47.5 Å². The van der Waals surface area contributed by atoms with Crippen molar-refractivity contribution in [1.29, 1.82) is 0 Å². The normalized spacial score (nSPS) is 23.2. The minimum atomic E-state index is -4.59. The zero-order chi connectivity index (χ0) is 27.2. The first kappa shape index (κ1) is 26.1. The number of amides is 2. The van der Waals surface area contributed by atoms with Gasteiger partial charge >= 0.3 is 6.18 Å². The lowest BCUT2D eigenvalue weighted by atomic mass is 10.1. The van der Waals surface area contributed by atoms with Crippen LogP contribution in [0.4, 0.5) is 24.5 Å². The van der Waals surface area contributed by atoms with Crippen molar-refractivity contribution in [3.8, 4) is 11.5 Å². The molecule has 1 aliphatic carbocycles. The molecule has 2 aromatic rings. The third-order valence-corrected chi connectivity index (χ3v) is 7.81. The molecule has 2 heterocycles. The van der Waals surface area contributed by atoms with E-state index < -0.39 is 17.6 Å². The van der Waals surface area contributed by atoms with Crippen molar-refractivity contribution in [3.63, 3.8) is 0 Å². The fourth-order valence-corrected chi connectivity index (χ4v) is 5.53. The van der Waals surface area contributed by atoms with Gasteiger partial charge in [-0.25, -0.2) is 0 Å². The number of halogens is 3. The fourth-order valence-electron chi connectivity index (χ4n) is 5.53. The number of likely N-dealkylation sites (tertiary alicyclic amines) is 1. The molecule has 3 fully saturated rings. The van der Waals surface area contributed by atoms with Crippen LogP contribution in [0.2, 0.25) is 0 Å². The Hall–Kier alpha value is -3.47. The molecule has 3 aliphatic rings.